The van der Waals surface area contributed by atoms with Crippen molar-refractivity contribution < 1.29 is 9.53 Å². The van der Waals surface area contributed by atoms with Gasteiger partial charge in [-0.3, -0.25) is 4.79 Å². The Bertz CT molecular complexity index is 562. The number of rotatable bonds is 5. The number of ether oxygens (including phenoxy) is 1. The van der Waals surface area contributed by atoms with Crippen LogP contribution in [0.4, 0.5) is 0 Å². The first-order valence-corrected chi connectivity index (χ1v) is 6.55. The molecule has 0 spiro atoms. The molecule has 1 aromatic carbocycles. The van der Waals surface area contributed by atoms with Gasteiger partial charge in [-0.05, 0) is 32.0 Å². The summed E-state index contributed by atoms with van der Waals surface area (Å²) in [4.78, 5) is 17.6. The van der Waals surface area contributed by atoms with Crippen LogP contribution in [0, 0.1) is 0 Å². The largest absolute Gasteiger partial charge is 0.383 e. The molecule has 0 aliphatic carbocycles. The molecule has 4 nitrogen and oxygen atoms in total. The monoisotopic (exact) mass is 260 g/mol. The van der Waals surface area contributed by atoms with Gasteiger partial charge in [-0.1, -0.05) is 6.07 Å². The molecule has 1 heterocycles. The number of nitrogens with one attached hydrogen (secondary N) is 1. The zero-order valence-electron chi connectivity index (χ0n) is 11.6. The Balaban J connectivity index is 2.34. The zero-order valence-corrected chi connectivity index (χ0v) is 11.6. The first kappa shape index (κ1) is 13.6. The summed E-state index contributed by atoms with van der Waals surface area (Å²) in [5.41, 5.74) is 1.73. The summed E-state index contributed by atoms with van der Waals surface area (Å²) in [6.45, 7) is 5.20. The summed E-state index contributed by atoms with van der Waals surface area (Å²) in [6, 6.07) is 7.76. The van der Waals surface area contributed by atoms with Crippen LogP contribution < -0.4 is 0 Å². The van der Waals surface area contributed by atoms with Gasteiger partial charge in [-0.2, -0.15) is 0 Å². The van der Waals surface area contributed by atoms with E-state index >= 15 is 0 Å². The van der Waals surface area contributed by atoms with Gasteiger partial charge >= 0.3 is 0 Å². The summed E-state index contributed by atoms with van der Waals surface area (Å²) < 4.78 is 5.14. The third-order valence-electron chi connectivity index (χ3n) is 3.37. The van der Waals surface area contributed by atoms with Crippen molar-refractivity contribution in [3.05, 3.63) is 36.0 Å². The molecule has 0 saturated heterocycles. The van der Waals surface area contributed by atoms with Crippen LogP contribution in [-0.2, 0) is 4.74 Å². The standard InChI is InChI=1S/C15H20N2O2/c1-4-17(11(2)10-19-3)15(18)13-6-5-7-14-12(13)8-9-16-14/h5-9,11,16H,4,10H2,1-3H3. The first-order valence-electron chi connectivity index (χ1n) is 6.55. The van der Waals surface area contributed by atoms with Crippen LogP contribution in [-0.4, -0.2) is 42.1 Å². The number of nitrogens with zero attached hydrogens (tertiary/aromatic N) is 1. The van der Waals surface area contributed by atoms with Gasteiger partial charge in [0.1, 0.15) is 0 Å². The molecule has 4 heteroatoms. The van der Waals surface area contributed by atoms with Crippen molar-refractivity contribution in [1.82, 2.24) is 9.88 Å². The molecule has 1 atom stereocenters. The molecule has 0 fully saturated rings. The molecule has 2 rings (SSSR count). The zero-order chi connectivity index (χ0) is 13.8. The van der Waals surface area contributed by atoms with Crippen molar-refractivity contribution in [3.63, 3.8) is 0 Å². The molecular formula is C15H20N2O2. The molecular weight excluding hydrogens is 240 g/mol. The van der Waals surface area contributed by atoms with Gasteiger partial charge in [0, 0.05) is 36.3 Å². The van der Waals surface area contributed by atoms with Crippen molar-refractivity contribution in [1.29, 1.82) is 0 Å². The number of carbonyl (C=O) groups is 1. The second-order valence-corrected chi connectivity index (χ2v) is 4.64. The summed E-state index contributed by atoms with van der Waals surface area (Å²) in [6.07, 6.45) is 1.86. The minimum absolute atomic E-state index is 0.0530. The van der Waals surface area contributed by atoms with E-state index in [9.17, 15) is 4.79 Å². The number of fused-ring (bicyclic) bond motifs is 1. The summed E-state index contributed by atoms with van der Waals surface area (Å²) >= 11 is 0. The Labute approximate surface area is 113 Å². The van der Waals surface area contributed by atoms with E-state index in [0.717, 1.165) is 16.5 Å². The maximum absolute atomic E-state index is 12.7. The van der Waals surface area contributed by atoms with Crippen LogP contribution >= 0.6 is 0 Å². The predicted octanol–water partition coefficient (Wildman–Crippen LogP) is 2.66. The first-order chi connectivity index (χ1) is 9.19. The average molecular weight is 260 g/mol. The van der Waals surface area contributed by atoms with Gasteiger partial charge in [0.2, 0.25) is 0 Å². The molecule has 1 N–H and O–H groups in total. The number of methoxy groups -OCH3 is 1. The fourth-order valence-electron chi connectivity index (χ4n) is 2.41. The molecule has 0 saturated carbocycles. The number of amides is 1. The lowest BCUT2D eigenvalue weighted by Crippen LogP contribution is -2.40. The molecule has 102 valence electrons. The molecule has 0 radical (unpaired) electrons. The van der Waals surface area contributed by atoms with Crippen molar-refractivity contribution in [2.75, 3.05) is 20.3 Å². The van der Waals surface area contributed by atoms with E-state index in [1.54, 1.807) is 7.11 Å². The van der Waals surface area contributed by atoms with E-state index in [1.807, 2.05) is 49.2 Å². The number of benzene rings is 1. The Morgan fingerprint density at radius 1 is 1.42 bits per heavy atom. The Morgan fingerprint density at radius 2 is 2.21 bits per heavy atom. The highest BCUT2D eigenvalue weighted by molar-refractivity contribution is 6.06. The fourth-order valence-corrected chi connectivity index (χ4v) is 2.41. The normalized spacial score (nSPS) is 12.6. The van der Waals surface area contributed by atoms with Gasteiger partial charge in [-0.15, -0.1) is 0 Å². The topological polar surface area (TPSA) is 45.3 Å². The number of H-pyrrole nitrogens is 1. The molecule has 0 bridgehead atoms. The number of carbonyl (C=O) groups excluding carboxylic acids is 1. The van der Waals surface area contributed by atoms with E-state index in [2.05, 4.69) is 4.98 Å². The van der Waals surface area contributed by atoms with Crippen LogP contribution in [0.5, 0.6) is 0 Å². The van der Waals surface area contributed by atoms with E-state index < -0.39 is 0 Å². The van der Waals surface area contributed by atoms with Crippen molar-refractivity contribution in [2.24, 2.45) is 0 Å². The lowest BCUT2D eigenvalue weighted by molar-refractivity contribution is 0.0581. The fraction of sp³-hybridized carbons (Fsp3) is 0.400. The summed E-state index contributed by atoms with van der Waals surface area (Å²) in [5.74, 6) is 0.0530. The lowest BCUT2D eigenvalue weighted by Gasteiger charge is -2.27. The Morgan fingerprint density at radius 3 is 2.89 bits per heavy atom. The average Bonchev–Trinajstić information content (AvgIpc) is 2.87. The van der Waals surface area contributed by atoms with Crippen LogP contribution in [0.15, 0.2) is 30.5 Å². The molecule has 1 amide bonds. The number of aromatic nitrogens is 1. The van der Waals surface area contributed by atoms with E-state index in [0.29, 0.717) is 13.2 Å². The van der Waals surface area contributed by atoms with Gasteiger partial charge < -0.3 is 14.6 Å². The minimum Gasteiger partial charge on any atom is -0.383 e. The lowest BCUT2D eigenvalue weighted by atomic mass is 10.1. The van der Waals surface area contributed by atoms with Crippen molar-refractivity contribution >= 4 is 16.8 Å². The van der Waals surface area contributed by atoms with E-state index in [-0.39, 0.29) is 11.9 Å². The highest BCUT2D eigenvalue weighted by Gasteiger charge is 2.21. The molecule has 1 unspecified atom stereocenters. The highest BCUT2D eigenvalue weighted by Crippen LogP contribution is 2.20. The SMILES string of the molecule is CCN(C(=O)c1cccc2[nH]ccc12)C(C)COC. The van der Waals surface area contributed by atoms with Gasteiger partial charge in [0.05, 0.1) is 12.6 Å². The van der Waals surface area contributed by atoms with Gasteiger partial charge in [0.15, 0.2) is 0 Å². The number of hydrogen-bond donors (Lipinski definition) is 1. The third-order valence-corrected chi connectivity index (χ3v) is 3.37. The molecule has 2 aromatic rings. The summed E-state index contributed by atoms with van der Waals surface area (Å²) in [5, 5.41) is 0.968. The second-order valence-electron chi connectivity index (χ2n) is 4.64. The van der Waals surface area contributed by atoms with Crippen LogP contribution in [0.3, 0.4) is 0 Å². The number of aromatic amines is 1. The van der Waals surface area contributed by atoms with E-state index in [4.69, 9.17) is 4.74 Å². The minimum atomic E-state index is 0.0530. The molecule has 0 aliphatic heterocycles. The Hall–Kier alpha value is -1.81. The van der Waals surface area contributed by atoms with Crippen LogP contribution in [0.2, 0.25) is 0 Å². The maximum Gasteiger partial charge on any atom is 0.254 e. The highest BCUT2D eigenvalue weighted by atomic mass is 16.5. The number of hydrogen-bond acceptors (Lipinski definition) is 2. The van der Waals surface area contributed by atoms with Crippen molar-refractivity contribution in [3.8, 4) is 0 Å². The molecule has 1 aromatic heterocycles. The number of likely N-dealkylation sites (N-methyl/N-ethyl adjacent to an activating group) is 1. The molecule has 19 heavy (non-hydrogen) atoms. The van der Waals surface area contributed by atoms with Gasteiger partial charge in [0.25, 0.3) is 5.91 Å². The van der Waals surface area contributed by atoms with E-state index in [1.165, 1.54) is 0 Å². The smallest absolute Gasteiger partial charge is 0.254 e. The van der Waals surface area contributed by atoms with Gasteiger partial charge in [-0.25, -0.2) is 0 Å². The van der Waals surface area contributed by atoms with Crippen molar-refractivity contribution in [2.45, 2.75) is 19.9 Å². The second kappa shape index (κ2) is 5.89. The quantitative estimate of drug-likeness (QED) is 0.898. The Kier molecular flexibility index (Phi) is 4.22. The summed E-state index contributed by atoms with van der Waals surface area (Å²) in [7, 11) is 1.65. The predicted molar refractivity (Wildman–Crippen MR) is 76.3 cm³/mol. The van der Waals surface area contributed by atoms with Crippen LogP contribution in [0.25, 0.3) is 10.9 Å². The maximum atomic E-state index is 12.7. The molecule has 0 aliphatic rings. The van der Waals surface area contributed by atoms with Crippen LogP contribution in [0.1, 0.15) is 24.2 Å². The third kappa shape index (κ3) is 2.63.